The zero-order valence-electron chi connectivity index (χ0n) is 15.2. The maximum absolute atomic E-state index is 13.9. The van der Waals surface area contributed by atoms with E-state index in [0.29, 0.717) is 5.56 Å². The summed E-state index contributed by atoms with van der Waals surface area (Å²) in [6.07, 6.45) is 1.16. The summed E-state index contributed by atoms with van der Waals surface area (Å²) in [5, 5.41) is 13.1. The summed E-state index contributed by atoms with van der Waals surface area (Å²) in [5.74, 6) is -2.20. The van der Waals surface area contributed by atoms with Gasteiger partial charge >= 0.3 is 0 Å². The lowest BCUT2D eigenvalue weighted by atomic mass is 10.1. The molecule has 1 aromatic heterocycles. The number of rotatable bonds is 6. The monoisotopic (exact) mass is 395 g/mol. The number of benzene rings is 2. The zero-order chi connectivity index (χ0) is 20.8. The molecule has 0 fully saturated rings. The van der Waals surface area contributed by atoms with E-state index in [-0.39, 0.29) is 29.4 Å². The molecule has 0 radical (unpaired) electrons. The lowest BCUT2D eigenvalue weighted by Gasteiger charge is -2.07. The fourth-order valence-electron chi connectivity index (χ4n) is 2.54. The molecule has 0 saturated heterocycles. The van der Waals surface area contributed by atoms with Crippen LogP contribution >= 0.6 is 0 Å². The number of hydrogen-bond donors (Lipinski definition) is 2. The smallest absolute Gasteiger partial charge is 0.270 e. The van der Waals surface area contributed by atoms with Crippen LogP contribution in [0, 0.1) is 23.0 Å². The van der Waals surface area contributed by atoms with Crippen molar-refractivity contribution in [2.24, 2.45) is 5.10 Å². The average Bonchev–Trinajstić information content (AvgIpc) is 2.71. The molecule has 3 aromatic rings. The van der Waals surface area contributed by atoms with E-state index in [9.17, 15) is 18.8 Å². The van der Waals surface area contributed by atoms with Gasteiger partial charge in [-0.25, -0.2) is 19.2 Å². The first-order valence-electron chi connectivity index (χ1n) is 8.54. The lowest BCUT2D eigenvalue weighted by molar-refractivity contribution is 0.302. The number of aromatic amines is 1. The quantitative estimate of drug-likeness (QED) is 0.492. The third kappa shape index (κ3) is 4.44. The Morgan fingerprint density at radius 3 is 2.59 bits per heavy atom. The van der Waals surface area contributed by atoms with Gasteiger partial charge in [-0.15, -0.1) is 0 Å². The molecule has 0 bridgehead atoms. The van der Waals surface area contributed by atoms with Crippen molar-refractivity contribution >= 4 is 12.2 Å². The number of hydrazone groups is 1. The van der Waals surface area contributed by atoms with E-state index in [2.05, 4.69) is 20.5 Å². The molecule has 2 aromatic carbocycles. The van der Waals surface area contributed by atoms with Gasteiger partial charge in [0.05, 0.1) is 18.5 Å². The van der Waals surface area contributed by atoms with Crippen molar-refractivity contribution in [3.05, 3.63) is 75.6 Å². The van der Waals surface area contributed by atoms with Gasteiger partial charge in [0.2, 0.25) is 5.95 Å². The second-order valence-electron chi connectivity index (χ2n) is 5.73. The number of halogens is 2. The van der Waals surface area contributed by atoms with E-state index in [1.165, 1.54) is 0 Å². The van der Waals surface area contributed by atoms with Gasteiger partial charge in [-0.3, -0.25) is 9.78 Å². The van der Waals surface area contributed by atoms with Crippen molar-refractivity contribution in [2.75, 3.05) is 12.0 Å². The van der Waals surface area contributed by atoms with Crippen LogP contribution in [0.1, 0.15) is 18.1 Å². The van der Waals surface area contributed by atoms with Crippen LogP contribution in [0.2, 0.25) is 0 Å². The fraction of sp³-hybridized carbons (Fsp3) is 0.100. The topological polar surface area (TPSA) is 103 Å². The first-order chi connectivity index (χ1) is 14.0. The fourth-order valence-corrected chi connectivity index (χ4v) is 2.54. The first-order valence-corrected chi connectivity index (χ1v) is 8.54. The minimum atomic E-state index is -0.857. The summed E-state index contributed by atoms with van der Waals surface area (Å²) in [4.78, 5) is 18.8. The van der Waals surface area contributed by atoms with Gasteiger partial charge in [-0.2, -0.15) is 10.4 Å². The molecular formula is C20H15F2N5O2. The maximum atomic E-state index is 13.9. The predicted octanol–water partition coefficient (Wildman–Crippen LogP) is 3.43. The van der Waals surface area contributed by atoms with Crippen molar-refractivity contribution in [2.45, 2.75) is 6.92 Å². The molecule has 9 heteroatoms. The molecule has 2 N–H and O–H groups in total. The number of H-pyrrole nitrogens is 1. The summed E-state index contributed by atoms with van der Waals surface area (Å²) >= 11 is 0. The molecular weight excluding hydrogens is 380 g/mol. The van der Waals surface area contributed by atoms with Crippen molar-refractivity contribution < 1.29 is 13.5 Å². The Labute approximate surface area is 164 Å². The van der Waals surface area contributed by atoms with E-state index in [0.717, 1.165) is 18.3 Å². The molecule has 0 saturated carbocycles. The average molecular weight is 395 g/mol. The van der Waals surface area contributed by atoms with Gasteiger partial charge in [0.1, 0.15) is 11.6 Å². The molecule has 29 heavy (non-hydrogen) atoms. The highest BCUT2D eigenvalue weighted by molar-refractivity contribution is 5.80. The Kier molecular flexibility index (Phi) is 5.94. The number of anilines is 1. The number of nitrogens with one attached hydrogen (secondary N) is 2. The van der Waals surface area contributed by atoms with Crippen LogP contribution in [0.5, 0.6) is 5.75 Å². The first kappa shape index (κ1) is 19.7. The molecule has 0 unspecified atom stereocenters. The molecule has 7 nitrogen and oxygen atoms in total. The SMILES string of the molecule is CCOc1c(F)cc(C=NNc2nc(-c3ccccc3)c(C#N)c(=O)[nH]2)cc1F. The van der Waals surface area contributed by atoms with E-state index in [4.69, 9.17) is 4.74 Å². The summed E-state index contributed by atoms with van der Waals surface area (Å²) in [7, 11) is 0. The number of hydrogen-bond acceptors (Lipinski definition) is 6. The van der Waals surface area contributed by atoms with Gasteiger partial charge < -0.3 is 4.74 Å². The van der Waals surface area contributed by atoms with Crippen LogP contribution in [0.4, 0.5) is 14.7 Å². The number of aromatic nitrogens is 2. The third-order valence-electron chi connectivity index (χ3n) is 3.77. The van der Waals surface area contributed by atoms with E-state index in [1.54, 1.807) is 37.3 Å². The van der Waals surface area contributed by atoms with Crippen LogP contribution in [0.15, 0.2) is 52.4 Å². The minimum absolute atomic E-state index is 0.0315. The van der Waals surface area contributed by atoms with E-state index in [1.807, 2.05) is 6.07 Å². The Balaban J connectivity index is 1.87. The van der Waals surface area contributed by atoms with Gasteiger partial charge in [0.15, 0.2) is 17.4 Å². The highest BCUT2D eigenvalue weighted by atomic mass is 19.1. The summed E-state index contributed by atoms with van der Waals surface area (Å²) in [5.41, 5.74) is 2.62. The van der Waals surface area contributed by atoms with Crippen molar-refractivity contribution in [1.82, 2.24) is 9.97 Å². The molecule has 0 amide bonds. The van der Waals surface area contributed by atoms with Crippen molar-refractivity contribution in [1.29, 1.82) is 5.26 Å². The molecule has 0 aliphatic rings. The zero-order valence-corrected chi connectivity index (χ0v) is 15.2. The molecule has 1 heterocycles. The predicted molar refractivity (Wildman–Crippen MR) is 104 cm³/mol. The summed E-state index contributed by atoms with van der Waals surface area (Å²) in [6, 6.07) is 12.7. The second-order valence-corrected chi connectivity index (χ2v) is 5.73. The normalized spacial score (nSPS) is 10.7. The Bertz CT molecular complexity index is 1130. The van der Waals surface area contributed by atoms with Gasteiger partial charge in [-0.1, -0.05) is 30.3 Å². The molecule has 0 atom stereocenters. The number of nitrogens with zero attached hydrogens (tertiary/aromatic N) is 3. The largest absolute Gasteiger partial charge is 0.488 e. The third-order valence-corrected chi connectivity index (χ3v) is 3.77. The van der Waals surface area contributed by atoms with Crippen molar-refractivity contribution in [3.63, 3.8) is 0 Å². The van der Waals surface area contributed by atoms with Gasteiger partial charge in [0.25, 0.3) is 5.56 Å². The molecule has 0 aliphatic heterocycles. The minimum Gasteiger partial charge on any atom is -0.488 e. The standard InChI is InChI=1S/C20H15F2N5O2/c1-2-29-18-15(21)8-12(9-16(18)22)11-24-27-20-25-17(13-6-4-3-5-7-13)14(10-23)19(28)26-20/h3-9,11H,2H2,1H3,(H2,25,26,27,28). The van der Waals surface area contributed by atoms with E-state index < -0.39 is 22.9 Å². The lowest BCUT2D eigenvalue weighted by Crippen LogP contribution is -2.16. The summed E-state index contributed by atoms with van der Waals surface area (Å²) < 4.78 is 32.7. The van der Waals surface area contributed by atoms with Crippen molar-refractivity contribution in [3.8, 4) is 23.1 Å². The molecule has 0 aliphatic carbocycles. The molecule has 146 valence electrons. The Morgan fingerprint density at radius 1 is 1.28 bits per heavy atom. The Morgan fingerprint density at radius 2 is 1.97 bits per heavy atom. The highest BCUT2D eigenvalue weighted by Crippen LogP contribution is 2.23. The molecule has 0 spiro atoms. The number of ether oxygens (including phenoxy) is 1. The summed E-state index contributed by atoms with van der Waals surface area (Å²) in [6.45, 7) is 1.75. The molecule has 3 rings (SSSR count). The number of nitriles is 1. The van der Waals surface area contributed by atoms with Crippen LogP contribution < -0.4 is 15.7 Å². The maximum Gasteiger partial charge on any atom is 0.270 e. The highest BCUT2D eigenvalue weighted by Gasteiger charge is 2.13. The van der Waals surface area contributed by atoms with Crippen LogP contribution in [0.25, 0.3) is 11.3 Å². The van der Waals surface area contributed by atoms with Crippen LogP contribution in [-0.2, 0) is 0 Å². The second kappa shape index (κ2) is 8.75. The van der Waals surface area contributed by atoms with Crippen LogP contribution in [-0.4, -0.2) is 22.8 Å². The van der Waals surface area contributed by atoms with Gasteiger partial charge in [0, 0.05) is 11.1 Å². The van der Waals surface area contributed by atoms with E-state index >= 15 is 0 Å². The van der Waals surface area contributed by atoms with Gasteiger partial charge in [-0.05, 0) is 19.1 Å². The van der Waals surface area contributed by atoms with Crippen LogP contribution in [0.3, 0.4) is 0 Å². The Hall–Kier alpha value is -4.06.